The number of aryl methyl sites for hydroxylation is 2. The van der Waals surface area contributed by atoms with E-state index < -0.39 is 11.4 Å². The Morgan fingerprint density at radius 3 is 2.80 bits per heavy atom. The van der Waals surface area contributed by atoms with E-state index in [4.69, 9.17) is 4.98 Å². The molecule has 1 atom stereocenters. The first-order chi connectivity index (χ1) is 14.5. The smallest absolute Gasteiger partial charge is 0.205 e. The Morgan fingerprint density at radius 2 is 2.13 bits per heavy atom. The third kappa shape index (κ3) is 3.43. The number of nitrogens with zero attached hydrogens (tertiary/aromatic N) is 5. The number of unbranched alkanes of at least 4 members (excludes halogenated alkanes) is 1. The van der Waals surface area contributed by atoms with Crippen molar-refractivity contribution >= 4 is 40.0 Å². The van der Waals surface area contributed by atoms with Gasteiger partial charge in [0.2, 0.25) is 5.54 Å². The third-order valence-electron chi connectivity index (χ3n) is 5.43. The number of hydrogen-bond acceptors (Lipinski definition) is 4. The topological polar surface area (TPSA) is 66.9 Å². The summed E-state index contributed by atoms with van der Waals surface area (Å²) < 4.78 is 17.9. The van der Waals surface area contributed by atoms with E-state index in [-0.39, 0.29) is 5.56 Å². The van der Waals surface area contributed by atoms with E-state index in [0.717, 1.165) is 47.4 Å². The zero-order valence-corrected chi connectivity index (χ0v) is 19.0. The lowest BCUT2D eigenvalue weighted by molar-refractivity contribution is 0.575. The van der Waals surface area contributed by atoms with Crippen LogP contribution in [0.2, 0.25) is 0 Å². The molecule has 7 heteroatoms. The van der Waals surface area contributed by atoms with E-state index in [9.17, 15) is 5.26 Å². The predicted octanol–water partition coefficient (Wildman–Crippen LogP) is 5.39. The molecule has 0 fully saturated rings. The zero-order valence-electron chi connectivity index (χ0n) is 16.9. The Hall–Kier alpha value is -2.60. The highest BCUT2D eigenvalue weighted by atomic mass is 127. The molecule has 1 aliphatic heterocycles. The maximum absolute atomic E-state index is 15.1. The van der Waals surface area contributed by atoms with Crippen molar-refractivity contribution in [3.63, 3.8) is 0 Å². The molecule has 152 valence electrons. The second kappa shape index (κ2) is 8.26. The van der Waals surface area contributed by atoms with Crippen LogP contribution in [0.5, 0.6) is 0 Å². The first-order valence-electron chi connectivity index (χ1n) is 9.92. The van der Waals surface area contributed by atoms with Gasteiger partial charge in [0.25, 0.3) is 0 Å². The Balaban J connectivity index is 1.74. The number of aromatic nitrogens is 3. The van der Waals surface area contributed by atoms with Crippen LogP contribution in [0.4, 0.5) is 4.39 Å². The lowest BCUT2D eigenvalue weighted by Crippen LogP contribution is -2.21. The third-order valence-corrected chi connectivity index (χ3v) is 6.57. The Labute approximate surface area is 188 Å². The van der Waals surface area contributed by atoms with Crippen LogP contribution in [0.1, 0.15) is 42.3 Å². The highest BCUT2D eigenvalue weighted by Crippen LogP contribution is 2.41. The highest BCUT2D eigenvalue weighted by Gasteiger charge is 2.39. The fourth-order valence-electron chi connectivity index (χ4n) is 3.75. The molecule has 0 amide bonds. The van der Waals surface area contributed by atoms with Gasteiger partial charge in [0.05, 0.1) is 6.54 Å². The van der Waals surface area contributed by atoms with Gasteiger partial charge in [-0.25, -0.2) is 14.4 Å². The second-order valence-electron chi connectivity index (χ2n) is 7.45. The van der Waals surface area contributed by atoms with Crippen LogP contribution in [0.3, 0.4) is 0 Å². The van der Waals surface area contributed by atoms with Gasteiger partial charge >= 0.3 is 0 Å². The molecule has 1 aliphatic rings. The van der Waals surface area contributed by atoms with Crippen LogP contribution in [0.25, 0.3) is 11.2 Å². The number of pyridine rings is 1. The number of nitriles is 1. The molecule has 3 heterocycles. The molecule has 0 spiro atoms. The van der Waals surface area contributed by atoms with Gasteiger partial charge in [-0.15, -0.1) is 0 Å². The highest BCUT2D eigenvalue weighted by molar-refractivity contribution is 14.1. The van der Waals surface area contributed by atoms with Gasteiger partial charge in [0.15, 0.2) is 5.65 Å². The fourth-order valence-corrected chi connectivity index (χ4v) is 4.46. The Kier molecular flexibility index (Phi) is 5.69. The van der Waals surface area contributed by atoms with Crippen molar-refractivity contribution in [1.82, 2.24) is 14.5 Å². The number of hydrogen-bond donors (Lipinski definition) is 0. The summed E-state index contributed by atoms with van der Waals surface area (Å²) in [6.45, 7) is 4.65. The van der Waals surface area contributed by atoms with Crippen molar-refractivity contribution in [2.75, 3.05) is 0 Å². The molecule has 5 nitrogen and oxygen atoms in total. The summed E-state index contributed by atoms with van der Waals surface area (Å²) in [5.41, 5.74) is 2.58. The number of rotatable bonds is 6. The molecule has 1 aromatic carbocycles. The van der Waals surface area contributed by atoms with E-state index >= 15 is 4.39 Å². The van der Waals surface area contributed by atoms with E-state index in [1.165, 1.54) is 6.07 Å². The first-order valence-corrected chi connectivity index (χ1v) is 11.0. The van der Waals surface area contributed by atoms with Crippen molar-refractivity contribution in [1.29, 1.82) is 5.26 Å². The van der Waals surface area contributed by atoms with Gasteiger partial charge in [0.1, 0.15) is 23.2 Å². The minimum absolute atomic E-state index is 0.277. The summed E-state index contributed by atoms with van der Waals surface area (Å²) in [4.78, 5) is 13.6. The molecule has 0 saturated carbocycles. The summed E-state index contributed by atoms with van der Waals surface area (Å²) in [6.07, 6.45) is 8.03. The fraction of sp³-hybridized carbons (Fsp3) is 0.304. The predicted molar refractivity (Wildman–Crippen MR) is 124 cm³/mol. The number of fused-ring (bicyclic) bond motifs is 1. The van der Waals surface area contributed by atoms with Crippen molar-refractivity contribution < 1.29 is 4.39 Å². The summed E-state index contributed by atoms with van der Waals surface area (Å²) in [7, 11) is 0. The molecule has 3 aromatic rings. The average Bonchev–Trinajstić information content (AvgIpc) is 3.28. The van der Waals surface area contributed by atoms with E-state index in [0.29, 0.717) is 10.1 Å². The SMILES string of the molecule is CCCCc1nc2c(C)ccnc2n1Cc1ccc(C2(C#N)N=CC=C2I)c(F)c1. The van der Waals surface area contributed by atoms with Crippen LogP contribution in [0, 0.1) is 24.1 Å². The van der Waals surface area contributed by atoms with E-state index in [1.54, 1.807) is 24.6 Å². The Morgan fingerprint density at radius 1 is 1.30 bits per heavy atom. The zero-order chi connectivity index (χ0) is 21.3. The van der Waals surface area contributed by atoms with Crippen molar-refractivity contribution in [2.24, 2.45) is 4.99 Å². The van der Waals surface area contributed by atoms with Crippen LogP contribution in [-0.2, 0) is 18.5 Å². The quantitative estimate of drug-likeness (QED) is 0.415. The molecular weight excluding hydrogens is 492 g/mol. The molecule has 4 rings (SSSR count). The van der Waals surface area contributed by atoms with E-state index in [2.05, 4.69) is 27.5 Å². The second-order valence-corrected chi connectivity index (χ2v) is 8.61. The lowest BCUT2D eigenvalue weighted by atomic mass is 9.91. The van der Waals surface area contributed by atoms with Gasteiger partial charge in [0, 0.05) is 28.0 Å². The summed E-state index contributed by atoms with van der Waals surface area (Å²) in [5.74, 6) is 0.531. The number of halogens is 2. The number of benzene rings is 1. The largest absolute Gasteiger partial charge is 0.308 e. The molecule has 0 bridgehead atoms. The van der Waals surface area contributed by atoms with Gasteiger partial charge < -0.3 is 4.57 Å². The monoisotopic (exact) mass is 513 g/mol. The number of aliphatic imine (C=N–C) groups is 1. The normalized spacial score (nSPS) is 18.0. The molecule has 0 aliphatic carbocycles. The van der Waals surface area contributed by atoms with Crippen LogP contribution in [0.15, 0.2) is 45.1 Å². The van der Waals surface area contributed by atoms with Crippen molar-refractivity contribution in [3.8, 4) is 6.07 Å². The van der Waals surface area contributed by atoms with Gasteiger partial charge in [-0.05, 0) is 65.3 Å². The molecule has 0 radical (unpaired) electrons. The summed E-state index contributed by atoms with van der Waals surface area (Å²) >= 11 is 2.05. The van der Waals surface area contributed by atoms with Gasteiger partial charge in [-0.2, -0.15) is 5.26 Å². The first kappa shape index (κ1) is 20.7. The summed E-state index contributed by atoms with van der Waals surface area (Å²) in [5, 5.41) is 9.71. The summed E-state index contributed by atoms with van der Waals surface area (Å²) in [6, 6.07) is 9.16. The van der Waals surface area contributed by atoms with Gasteiger partial charge in [-0.3, -0.25) is 4.99 Å². The standard InChI is InChI=1S/C23H21FIN5/c1-3-4-5-20-29-21-15(2)8-10-27-22(21)30(20)13-16-6-7-17(18(24)12-16)23(14-26)19(25)9-11-28-23/h6-12H,3-5,13H2,1-2H3. The van der Waals surface area contributed by atoms with Crippen molar-refractivity contribution in [2.45, 2.75) is 45.2 Å². The maximum atomic E-state index is 15.1. The molecule has 0 saturated heterocycles. The van der Waals surface area contributed by atoms with Crippen LogP contribution in [-0.4, -0.2) is 20.7 Å². The molecule has 0 N–H and O–H groups in total. The molecule has 2 aromatic heterocycles. The van der Waals surface area contributed by atoms with Crippen LogP contribution >= 0.6 is 22.6 Å². The minimum atomic E-state index is -1.28. The maximum Gasteiger partial charge on any atom is 0.205 e. The average molecular weight is 513 g/mol. The van der Waals surface area contributed by atoms with E-state index in [1.807, 2.05) is 41.6 Å². The number of imidazole rings is 1. The molecule has 1 unspecified atom stereocenters. The molecular formula is C23H21FIN5. The van der Waals surface area contributed by atoms with Crippen LogP contribution < -0.4 is 0 Å². The van der Waals surface area contributed by atoms with Gasteiger partial charge in [-0.1, -0.05) is 25.5 Å². The number of allylic oxidation sites excluding steroid dienone is 1. The van der Waals surface area contributed by atoms with Crippen molar-refractivity contribution in [3.05, 3.63) is 68.5 Å². The lowest BCUT2D eigenvalue weighted by Gasteiger charge is -2.20. The Bertz CT molecular complexity index is 1220. The molecule has 30 heavy (non-hydrogen) atoms. The minimum Gasteiger partial charge on any atom is -0.308 e.